The Morgan fingerprint density at radius 1 is 1.30 bits per heavy atom. The van der Waals surface area contributed by atoms with Crippen molar-refractivity contribution in [2.45, 2.75) is 24.4 Å². The second-order valence-electron chi connectivity index (χ2n) is 2.30. The zero-order chi connectivity index (χ0) is 7.72. The molecule has 4 heteroatoms. The summed E-state index contributed by atoms with van der Waals surface area (Å²) in [4.78, 5) is 0. The van der Waals surface area contributed by atoms with Gasteiger partial charge < -0.3 is 20.1 Å². The summed E-state index contributed by atoms with van der Waals surface area (Å²) in [5.74, 6) is 0. The van der Waals surface area contributed by atoms with Crippen LogP contribution in [0.2, 0.25) is 0 Å². The molecule has 1 aliphatic heterocycles. The highest BCUT2D eigenvalue weighted by Gasteiger charge is 2.39. The maximum Gasteiger partial charge on any atom is 0.111 e. The van der Waals surface area contributed by atoms with E-state index < -0.39 is 24.4 Å². The molecule has 0 bridgehead atoms. The number of rotatable bonds is 1. The Morgan fingerprint density at radius 2 is 1.90 bits per heavy atom. The van der Waals surface area contributed by atoms with Crippen LogP contribution < -0.4 is 0 Å². The highest BCUT2D eigenvalue weighted by Crippen LogP contribution is 2.19. The summed E-state index contributed by atoms with van der Waals surface area (Å²) in [6.45, 7) is 4.86. The fraction of sp³-hybridized carbons (Fsp3) is 0.833. The van der Waals surface area contributed by atoms with Gasteiger partial charge in [0.2, 0.25) is 0 Å². The molecule has 0 saturated carbocycles. The summed E-state index contributed by atoms with van der Waals surface area (Å²) in [5, 5.41) is 26.5. The van der Waals surface area contributed by atoms with Gasteiger partial charge in [-0.3, -0.25) is 0 Å². The van der Waals surface area contributed by atoms with Gasteiger partial charge in [0, 0.05) is 0 Å². The first kappa shape index (κ1) is 7.94. The second-order valence-corrected chi connectivity index (χ2v) is 2.30. The Kier molecular flexibility index (Phi) is 2.25. The normalized spacial score (nSPS) is 48.0. The zero-order valence-corrected chi connectivity index (χ0v) is 5.34. The minimum absolute atomic E-state index is 0.327. The maximum atomic E-state index is 9.01. The number of ether oxygens (including phenoxy) is 1. The van der Waals surface area contributed by atoms with Gasteiger partial charge in [-0.25, -0.2) is 0 Å². The lowest BCUT2D eigenvalue weighted by molar-refractivity contribution is -0.0126. The molecular formula is C6H10O4. The first-order valence-electron chi connectivity index (χ1n) is 3.05. The smallest absolute Gasteiger partial charge is 0.111 e. The molecule has 10 heavy (non-hydrogen) atoms. The average Bonchev–Trinajstić information content (AvgIpc) is 2.17. The van der Waals surface area contributed by atoms with Crippen LogP contribution in [0.1, 0.15) is 0 Å². The van der Waals surface area contributed by atoms with Gasteiger partial charge in [0.05, 0.1) is 12.7 Å². The van der Waals surface area contributed by atoms with Gasteiger partial charge in [0.1, 0.15) is 18.3 Å². The van der Waals surface area contributed by atoms with E-state index in [2.05, 4.69) is 0 Å². The quantitative estimate of drug-likeness (QED) is 0.407. The highest BCUT2D eigenvalue weighted by molar-refractivity contribution is 4.91. The Morgan fingerprint density at radius 3 is 2.10 bits per heavy atom. The standard InChI is InChI=1S/C6H10O4/c1-3-5(8)6(9)4(2-7)10-3/h1,3-9H,2H2/t3?,4-,5?,6+/m1/s1. The molecule has 2 unspecified atom stereocenters. The molecule has 4 atom stereocenters. The predicted molar refractivity (Wildman–Crippen MR) is 32.1 cm³/mol. The third kappa shape index (κ3) is 1.15. The minimum atomic E-state index is -1.09. The average molecular weight is 146 g/mol. The van der Waals surface area contributed by atoms with Crippen molar-refractivity contribution in [3.63, 3.8) is 0 Å². The molecule has 1 heterocycles. The van der Waals surface area contributed by atoms with Gasteiger partial charge in [0.15, 0.2) is 0 Å². The van der Waals surface area contributed by atoms with Gasteiger partial charge in [-0.1, -0.05) is 0 Å². The molecule has 2 radical (unpaired) electrons. The van der Waals surface area contributed by atoms with Gasteiger partial charge in [-0.2, -0.15) is 0 Å². The fourth-order valence-corrected chi connectivity index (χ4v) is 0.928. The lowest BCUT2D eigenvalue weighted by atomic mass is 10.1. The zero-order valence-electron chi connectivity index (χ0n) is 5.34. The summed E-state index contributed by atoms with van der Waals surface area (Å²) in [6.07, 6.45) is -3.78. The van der Waals surface area contributed by atoms with E-state index in [4.69, 9.17) is 27.0 Å². The number of hydrogen-bond acceptors (Lipinski definition) is 4. The fourth-order valence-electron chi connectivity index (χ4n) is 0.928. The summed E-state index contributed by atoms with van der Waals surface area (Å²) < 4.78 is 4.76. The Balaban J connectivity index is 2.53. The van der Waals surface area contributed by atoms with Crippen molar-refractivity contribution in [1.29, 1.82) is 0 Å². The van der Waals surface area contributed by atoms with Crippen molar-refractivity contribution < 1.29 is 20.1 Å². The summed E-state index contributed by atoms with van der Waals surface area (Å²) in [6, 6.07) is 0. The van der Waals surface area contributed by atoms with Crippen LogP contribution in [0.3, 0.4) is 0 Å². The highest BCUT2D eigenvalue weighted by atomic mass is 16.5. The Labute approximate surface area is 59.1 Å². The molecule has 0 aliphatic carbocycles. The van der Waals surface area contributed by atoms with Crippen molar-refractivity contribution in [3.05, 3.63) is 6.92 Å². The van der Waals surface area contributed by atoms with E-state index in [1.807, 2.05) is 0 Å². The molecule has 4 nitrogen and oxygen atoms in total. The molecule has 1 aliphatic rings. The lowest BCUT2D eigenvalue weighted by Crippen LogP contribution is -2.33. The lowest BCUT2D eigenvalue weighted by Gasteiger charge is -2.10. The molecule has 1 fully saturated rings. The van der Waals surface area contributed by atoms with E-state index in [-0.39, 0.29) is 6.61 Å². The SMILES string of the molecule is [CH]C1O[C@H](CO)[C@H](O)C1O. The van der Waals surface area contributed by atoms with Crippen LogP contribution in [0.25, 0.3) is 0 Å². The molecule has 0 aromatic heterocycles. The van der Waals surface area contributed by atoms with Crippen molar-refractivity contribution >= 4 is 0 Å². The van der Waals surface area contributed by atoms with Crippen molar-refractivity contribution in [2.24, 2.45) is 0 Å². The molecule has 1 rings (SSSR count). The van der Waals surface area contributed by atoms with Crippen LogP contribution in [-0.2, 0) is 4.74 Å². The summed E-state index contributed by atoms with van der Waals surface area (Å²) >= 11 is 0. The van der Waals surface area contributed by atoms with Crippen LogP contribution in [0.4, 0.5) is 0 Å². The minimum Gasteiger partial charge on any atom is -0.394 e. The molecule has 3 N–H and O–H groups in total. The van der Waals surface area contributed by atoms with Crippen molar-refractivity contribution in [1.82, 2.24) is 0 Å². The Bertz CT molecular complexity index is 116. The predicted octanol–water partition coefficient (Wildman–Crippen LogP) is -1.82. The van der Waals surface area contributed by atoms with E-state index in [0.29, 0.717) is 0 Å². The molecule has 0 aromatic carbocycles. The van der Waals surface area contributed by atoms with Gasteiger partial charge in [0.25, 0.3) is 0 Å². The molecule has 58 valence electrons. The summed E-state index contributed by atoms with van der Waals surface area (Å²) in [7, 11) is 0. The number of hydrogen-bond donors (Lipinski definition) is 3. The van der Waals surface area contributed by atoms with E-state index >= 15 is 0 Å². The molecule has 0 spiro atoms. The van der Waals surface area contributed by atoms with Crippen LogP contribution in [0.5, 0.6) is 0 Å². The number of aliphatic hydroxyl groups is 3. The van der Waals surface area contributed by atoms with E-state index in [1.54, 1.807) is 0 Å². The Hall–Kier alpha value is -0.160. The van der Waals surface area contributed by atoms with Crippen LogP contribution in [0, 0.1) is 6.92 Å². The third-order valence-corrected chi connectivity index (χ3v) is 1.58. The largest absolute Gasteiger partial charge is 0.394 e. The molecule has 1 saturated heterocycles. The monoisotopic (exact) mass is 146 g/mol. The van der Waals surface area contributed by atoms with Gasteiger partial charge in [-0.05, 0) is 6.92 Å². The summed E-state index contributed by atoms with van der Waals surface area (Å²) in [5.41, 5.74) is 0. The molecule has 0 aromatic rings. The first-order valence-corrected chi connectivity index (χ1v) is 3.05. The van der Waals surface area contributed by atoms with Crippen LogP contribution >= 0.6 is 0 Å². The van der Waals surface area contributed by atoms with E-state index in [9.17, 15) is 0 Å². The van der Waals surface area contributed by atoms with Gasteiger partial charge in [-0.15, -0.1) is 0 Å². The topological polar surface area (TPSA) is 69.9 Å². The second kappa shape index (κ2) is 2.84. The van der Waals surface area contributed by atoms with Crippen molar-refractivity contribution in [3.8, 4) is 0 Å². The first-order chi connectivity index (χ1) is 4.66. The van der Waals surface area contributed by atoms with Crippen LogP contribution in [0.15, 0.2) is 0 Å². The van der Waals surface area contributed by atoms with E-state index in [1.165, 1.54) is 0 Å². The maximum absolute atomic E-state index is 9.01. The molecule has 0 amide bonds. The van der Waals surface area contributed by atoms with E-state index in [0.717, 1.165) is 0 Å². The third-order valence-electron chi connectivity index (χ3n) is 1.58. The van der Waals surface area contributed by atoms with Gasteiger partial charge >= 0.3 is 0 Å². The van der Waals surface area contributed by atoms with Crippen molar-refractivity contribution in [2.75, 3.05) is 6.61 Å². The molecular weight excluding hydrogens is 136 g/mol. The number of aliphatic hydroxyl groups excluding tert-OH is 3. The van der Waals surface area contributed by atoms with Crippen LogP contribution in [-0.4, -0.2) is 46.3 Å².